The molecule has 0 spiro atoms. The Balaban J connectivity index is 0.00000240. The number of aliphatic hydroxyl groups excluding tert-OH is 1. The van der Waals surface area contributed by atoms with Crippen molar-refractivity contribution in [2.75, 3.05) is 13.2 Å². The number of aliphatic hydroxyl groups is 1. The van der Waals surface area contributed by atoms with Crippen molar-refractivity contribution in [2.45, 2.75) is 24.8 Å². The van der Waals surface area contributed by atoms with Gasteiger partial charge in [-0.15, -0.1) is 12.4 Å². The lowest BCUT2D eigenvalue weighted by Gasteiger charge is -2.21. The molecule has 2 heterocycles. The fraction of sp³-hybridized carbons (Fsp3) is 0.286. The van der Waals surface area contributed by atoms with Gasteiger partial charge in [0.1, 0.15) is 28.2 Å². The second-order valence-corrected chi connectivity index (χ2v) is 7.36. The fourth-order valence-electron chi connectivity index (χ4n) is 4.03. The van der Waals surface area contributed by atoms with Gasteiger partial charge in [0.25, 0.3) is 0 Å². The molecule has 0 bridgehead atoms. The van der Waals surface area contributed by atoms with Crippen molar-refractivity contribution in [3.8, 4) is 22.8 Å². The van der Waals surface area contributed by atoms with E-state index < -0.39 is 5.43 Å². The monoisotopic (exact) mass is 437 g/mol. The number of aromatic hydroxyl groups is 2. The quantitative estimate of drug-likeness (QED) is 0.495. The minimum Gasteiger partial charge on any atom is -0.507 e. The van der Waals surface area contributed by atoms with Gasteiger partial charge in [0.15, 0.2) is 5.43 Å². The molecule has 2 atom stereocenters. The molecule has 0 radical (unpaired) electrons. The van der Waals surface area contributed by atoms with Crippen LogP contribution in [0.15, 0.2) is 45.6 Å². The number of phenolic OH excluding ortho intramolecular Hbond substituents is 2. The molecule has 1 saturated heterocycles. The van der Waals surface area contributed by atoms with Gasteiger partial charge in [0.05, 0.1) is 5.02 Å². The molecule has 0 amide bonds. The zero-order chi connectivity index (χ0) is 19.8. The SMILES string of the molecule is Cl.O=c1cc(-c2ccccc2Cl)oc2c(C3CCNC3CCO)c(O)cc(O)c12. The third kappa shape index (κ3) is 3.81. The number of fused-ring (bicyclic) bond motifs is 1. The molecule has 154 valence electrons. The summed E-state index contributed by atoms with van der Waals surface area (Å²) in [5.74, 6) is -0.375. The third-order valence-electron chi connectivity index (χ3n) is 5.30. The van der Waals surface area contributed by atoms with Gasteiger partial charge in [-0.3, -0.25) is 4.79 Å². The summed E-state index contributed by atoms with van der Waals surface area (Å²) in [6.45, 7) is 0.714. The van der Waals surface area contributed by atoms with E-state index in [-0.39, 0.29) is 59.2 Å². The molecule has 2 unspecified atom stereocenters. The van der Waals surface area contributed by atoms with Crippen LogP contribution in [0.1, 0.15) is 24.3 Å². The molecule has 4 N–H and O–H groups in total. The van der Waals surface area contributed by atoms with Gasteiger partial charge >= 0.3 is 0 Å². The molecule has 0 aliphatic carbocycles. The number of halogens is 2. The Hall–Kier alpha value is -2.25. The maximum Gasteiger partial charge on any atom is 0.197 e. The van der Waals surface area contributed by atoms with Crippen molar-refractivity contribution >= 4 is 35.0 Å². The molecule has 1 aromatic heterocycles. The Morgan fingerprint density at radius 3 is 2.66 bits per heavy atom. The van der Waals surface area contributed by atoms with E-state index in [9.17, 15) is 20.1 Å². The summed E-state index contributed by atoms with van der Waals surface area (Å²) >= 11 is 6.26. The van der Waals surface area contributed by atoms with Crippen LogP contribution >= 0.6 is 24.0 Å². The van der Waals surface area contributed by atoms with Gasteiger partial charge in [0, 0.05) is 41.8 Å². The molecule has 0 saturated carbocycles. The Morgan fingerprint density at radius 2 is 1.93 bits per heavy atom. The van der Waals surface area contributed by atoms with Gasteiger partial charge < -0.3 is 25.1 Å². The van der Waals surface area contributed by atoms with Crippen molar-refractivity contribution < 1.29 is 19.7 Å². The van der Waals surface area contributed by atoms with Crippen molar-refractivity contribution in [3.63, 3.8) is 0 Å². The van der Waals surface area contributed by atoms with Crippen LogP contribution < -0.4 is 10.7 Å². The summed E-state index contributed by atoms with van der Waals surface area (Å²) in [7, 11) is 0. The van der Waals surface area contributed by atoms with Crippen LogP contribution in [-0.4, -0.2) is 34.5 Å². The van der Waals surface area contributed by atoms with Crippen LogP contribution in [0.3, 0.4) is 0 Å². The summed E-state index contributed by atoms with van der Waals surface area (Å²) in [4.78, 5) is 12.8. The van der Waals surface area contributed by atoms with Gasteiger partial charge in [-0.2, -0.15) is 0 Å². The van der Waals surface area contributed by atoms with E-state index >= 15 is 0 Å². The van der Waals surface area contributed by atoms with Crippen LogP contribution in [0.2, 0.25) is 5.02 Å². The lowest BCUT2D eigenvalue weighted by atomic mass is 9.88. The average Bonchev–Trinajstić information content (AvgIpc) is 3.09. The largest absolute Gasteiger partial charge is 0.507 e. The highest BCUT2D eigenvalue weighted by atomic mass is 35.5. The normalized spacial score (nSPS) is 18.7. The van der Waals surface area contributed by atoms with E-state index in [4.69, 9.17) is 16.0 Å². The number of phenols is 2. The predicted octanol–water partition coefficient (Wildman–Crippen LogP) is 3.77. The van der Waals surface area contributed by atoms with E-state index in [2.05, 4.69) is 5.32 Å². The summed E-state index contributed by atoms with van der Waals surface area (Å²) in [5.41, 5.74) is 0.742. The maximum atomic E-state index is 12.8. The minimum atomic E-state index is -0.417. The van der Waals surface area contributed by atoms with Gasteiger partial charge in [-0.1, -0.05) is 23.7 Å². The summed E-state index contributed by atoms with van der Waals surface area (Å²) in [6.07, 6.45) is 1.21. The van der Waals surface area contributed by atoms with Crippen LogP contribution in [-0.2, 0) is 0 Å². The van der Waals surface area contributed by atoms with Crippen LogP contribution in [0.4, 0.5) is 0 Å². The molecule has 1 aliphatic rings. The topological polar surface area (TPSA) is 103 Å². The number of rotatable bonds is 4. The Kier molecular flexibility index (Phi) is 6.39. The Labute approximate surface area is 178 Å². The van der Waals surface area contributed by atoms with E-state index in [1.807, 2.05) is 0 Å². The van der Waals surface area contributed by atoms with Gasteiger partial charge in [0.2, 0.25) is 0 Å². The second kappa shape index (κ2) is 8.63. The standard InChI is InChI=1S/C21H20ClNO5.ClH/c22-13-4-2-1-3-11(13)18-10-17(27)20-16(26)9-15(25)19(21(20)28-18)12-5-7-23-14(12)6-8-24;/h1-4,9-10,12,14,23-26H,5-8H2;1H. The molecule has 6 nitrogen and oxygen atoms in total. The van der Waals surface area contributed by atoms with Crippen LogP contribution in [0.25, 0.3) is 22.3 Å². The van der Waals surface area contributed by atoms with Gasteiger partial charge in [-0.25, -0.2) is 0 Å². The number of nitrogens with one attached hydrogen (secondary N) is 1. The van der Waals surface area contributed by atoms with Gasteiger partial charge in [-0.05, 0) is 31.5 Å². The number of benzene rings is 2. The Morgan fingerprint density at radius 1 is 1.17 bits per heavy atom. The first-order chi connectivity index (χ1) is 13.5. The van der Waals surface area contributed by atoms with Crippen LogP contribution in [0.5, 0.6) is 11.5 Å². The lowest BCUT2D eigenvalue weighted by Crippen LogP contribution is -2.27. The first-order valence-electron chi connectivity index (χ1n) is 9.13. The smallest absolute Gasteiger partial charge is 0.197 e. The molecule has 3 aromatic rings. The van der Waals surface area contributed by atoms with E-state index in [0.29, 0.717) is 35.5 Å². The van der Waals surface area contributed by atoms with Crippen LogP contribution in [0, 0.1) is 0 Å². The molecular formula is C21H21Cl2NO5. The van der Waals surface area contributed by atoms with E-state index in [1.54, 1.807) is 24.3 Å². The number of hydrogen-bond donors (Lipinski definition) is 4. The van der Waals surface area contributed by atoms with Crippen molar-refractivity contribution in [1.29, 1.82) is 0 Å². The molecule has 1 aliphatic heterocycles. The third-order valence-corrected chi connectivity index (χ3v) is 5.63. The van der Waals surface area contributed by atoms with Crippen molar-refractivity contribution in [1.82, 2.24) is 5.32 Å². The zero-order valence-corrected chi connectivity index (χ0v) is 17.0. The molecule has 29 heavy (non-hydrogen) atoms. The molecule has 4 rings (SSSR count). The maximum absolute atomic E-state index is 12.8. The minimum absolute atomic E-state index is 0. The fourth-order valence-corrected chi connectivity index (χ4v) is 4.26. The summed E-state index contributed by atoms with van der Waals surface area (Å²) in [6, 6.07) is 9.39. The second-order valence-electron chi connectivity index (χ2n) is 6.96. The summed E-state index contributed by atoms with van der Waals surface area (Å²) in [5, 5.41) is 34.0. The molecular weight excluding hydrogens is 417 g/mol. The average molecular weight is 438 g/mol. The highest BCUT2D eigenvalue weighted by molar-refractivity contribution is 6.33. The highest BCUT2D eigenvalue weighted by Gasteiger charge is 2.33. The molecule has 1 fully saturated rings. The summed E-state index contributed by atoms with van der Waals surface area (Å²) < 4.78 is 6.05. The first-order valence-corrected chi connectivity index (χ1v) is 9.51. The number of hydrogen-bond acceptors (Lipinski definition) is 6. The van der Waals surface area contributed by atoms with Crippen molar-refractivity contribution in [2.24, 2.45) is 0 Å². The first kappa shape index (κ1) is 21.5. The molecule has 8 heteroatoms. The Bertz CT molecular complexity index is 1100. The van der Waals surface area contributed by atoms with E-state index in [0.717, 1.165) is 0 Å². The zero-order valence-electron chi connectivity index (χ0n) is 15.4. The van der Waals surface area contributed by atoms with Crippen molar-refractivity contribution in [3.05, 3.63) is 57.2 Å². The predicted molar refractivity (Wildman–Crippen MR) is 114 cm³/mol. The lowest BCUT2D eigenvalue weighted by molar-refractivity contribution is 0.265. The van der Waals surface area contributed by atoms with E-state index in [1.165, 1.54) is 12.1 Å². The highest BCUT2D eigenvalue weighted by Crippen LogP contribution is 2.43. The molecule has 2 aromatic carbocycles.